The highest BCUT2D eigenvalue weighted by molar-refractivity contribution is 9.10. The van der Waals surface area contributed by atoms with Gasteiger partial charge in [0.2, 0.25) is 11.0 Å². The van der Waals surface area contributed by atoms with Crippen LogP contribution in [0.5, 0.6) is 0 Å². The zero-order valence-electron chi connectivity index (χ0n) is 14.8. The number of amides is 1. The Balaban J connectivity index is 1.55. The van der Waals surface area contributed by atoms with Gasteiger partial charge in [-0.1, -0.05) is 75.4 Å². The number of benzene rings is 2. The molecule has 140 valence electrons. The van der Waals surface area contributed by atoms with Crippen molar-refractivity contribution < 1.29 is 4.79 Å². The smallest absolute Gasteiger partial charge is 0.233 e. The molecule has 2 atom stereocenters. The minimum absolute atomic E-state index is 0.0203. The topological polar surface area (TPSA) is 66.9 Å². The van der Waals surface area contributed by atoms with Crippen molar-refractivity contribution in [1.29, 1.82) is 0 Å². The van der Waals surface area contributed by atoms with Crippen molar-refractivity contribution in [3.8, 4) is 0 Å². The highest BCUT2D eigenvalue weighted by atomic mass is 79.9. The minimum atomic E-state index is -0.261. The van der Waals surface area contributed by atoms with Gasteiger partial charge in [-0.2, -0.15) is 0 Å². The van der Waals surface area contributed by atoms with Gasteiger partial charge in [0.15, 0.2) is 4.34 Å². The summed E-state index contributed by atoms with van der Waals surface area (Å²) in [6.45, 7) is 3.86. The Morgan fingerprint density at radius 1 is 1.11 bits per heavy atom. The van der Waals surface area contributed by atoms with Gasteiger partial charge in [-0.25, -0.2) is 0 Å². The molecule has 1 heterocycles. The first-order chi connectivity index (χ1) is 13.0. The zero-order chi connectivity index (χ0) is 19.2. The summed E-state index contributed by atoms with van der Waals surface area (Å²) < 4.78 is 1.74. The Hall–Kier alpha value is -1.90. The summed E-state index contributed by atoms with van der Waals surface area (Å²) in [6, 6.07) is 17.7. The zero-order valence-corrected chi connectivity index (χ0v) is 18.1. The number of carbonyl (C=O) groups excluding carboxylic acids is 1. The van der Waals surface area contributed by atoms with Gasteiger partial charge in [-0.05, 0) is 37.6 Å². The van der Waals surface area contributed by atoms with Crippen LogP contribution in [0, 0.1) is 0 Å². The summed E-state index contributed by atoms with van der Waals surface area (Å²) in [6.07, 6.45) is 0. The van der Waals surface area contributed by atoms with Crippen LogP contribution >= 0.6 is 39.0 Å². The molecule has 5 nitrogen and oxygen atoms in total. The lowest BCUT2D eigenvalue weighted by Gasteiger charge is -2.17. The van der Waals surface area contributed by atoms with Crippen LogP contribution < -0.4 is 10.6 Å². The van der Waals surface area contributed by atoms with Crippen molar-refractivity contribution in [2.45, 2.75) is 29.5 Å². The van der Waals surface area contributed by atoms with Gasteiger partial charge in [0.05, 0.1) is 11.3 Å². The van der Waals surface area contributed by atoms with Crippen molar-refractivity contribution in [1.82, 2.24) is 15.5 Å². The SMILES string of the molecule is CC(Sc1nnc(Nc2cccc(Br)c2)s1)C(=O)NC(C)c1ccccc1. The molecule has 0 aliphatic rings. The number of hydrogen-bond acceptors (Lipinski definition) is 6. The fourth-order valence-corrected chi connectivity index (χ4v) is 4.68. The van der Waals surface area contributed by atoms with E-state index in [4.69, 9.17) is 0 Å². The second-order valence-corrected chi connectivity index (χ2v) is 9.39. The monoisotopic (exact) mass is 462 g/mol. The number of thioether (sulfide) groups is 1. The number of aromatic nitrogens is 2. The normalized spacial score (nSPS) is 13.0. The second kappa shape index (κ2) is 9.34. The third kappa shape index (κ3) is 5.79. The molecule has 0 radical (unpaired) electrons. The molecule has 0 aliphatic carbocycles. The maximum Gasteiger partial charge on any atom is 0.233 e. The summed E-state index contributed by atoms with van der Waals surface area (Å²) in [5.74, 6) is -0.0203. The van der Waals surface area contributed by atoms with Crippen LogP contribution in [0.2, 0.25) is 0 Å². The van der Waals surface area contributed by atoms with Crippen molar-refractivity contribution in [3.63, 3.8) is 0 Å². The maximum absolute atomic E-state index is 12.5. The van der Waals surface area contributed by atoms with E-state index in [0.29, 0.717) is 5.13 Å². The largest absolute Gasteiger partial charge is 0.349 e. The number of hydrogen-bond donors (Lipinski definition) is 2. The van der Waals surface area contributed by atoms with Crippen molar-refractivity contribution in [3.05, 3.63) is 64.6 Å². The van der Waals surface area contributed by atoms with E-state index in [9.17, 15) is 4.79 Å². The summed E-state index contributed by atoms with van der Waals surface area (Å²) in [5.41, 5.74) is 2.01. The van der Waals surface area contributed by atoms with E-state index in [2.05, 4.69) is 36.8 Å². The molecule has 0 saturated heterocycles. The standard InChI is InChI=1S/C19H19BrN4OS2/c1-12(14-7-4-3-5-8-14)21-17(25)13(2)26-19-24-23-18(27-19)22-16-10-6-9-15(20)11-16/h3-13H,1-2H3,(H,21,25)(H,22,23). The molecule has 2 aromatic carbocycles. The van der Waals surface area contributed by atoms with E-state index >= 15 is 0 Å². The number of carbonyl (C=O) groups is 1. The molecular weight excluding hydrogens is 444 g/mol. The predicted octanol–water partition coefficient (Wildman–Crippen LogP) is 5.40. The summed E-state index contributed by atoms with van der Waals surface area (Å²) in [5, 5.41) is 15.0. The Kier molecular flexibility index (Phi) is 6.87. The van der Waals surface area contributed by atoms with Crippen LogP contribution in [0.4, 0.5) is 10.8 Å². The fraction of sp³-hybridized carbons (Fsp3) is 0.211. The van der Waals surface area contributed by atoms with Gasteiger partial charge < -0.3 is 10.6 Å². The molecule has 2 unspecified atom stereocenters. The molecule has 0 saturated carbocycles. The van der Waals surface area contributed by atoms with Crippen molar-refractivity contribution in [2.75, 3.05) is 5.32 Å². The molecule has 1 aromatic heterocycles. The Labute approximate surface area is 175 Å². The van der Waals surface area contributed by atoms with Crippen LogP contribution in [-0.4, -0.2) is 21.4 Å². The number of nitrogens with zero attached hydrogens (tertiary/aromatic N) is 2. The van der Waals surface area contributed by atoms with E-state index in [1.54, 1.807) is 0 Å². The lowest BCUT2D eigenvalue weighted by Crippen LogP contribution is -2.33. The third-order valence-corrected chi connectivity index (χ3v) is 6.30. The van der Waals surface area contributed by atoms with Crippen LogP contribution in [0.25, 0.3) is 0 Å². The van der Waals surface area contributed by atoms with E-state index in [0.717, 1.165) is 20.1 Å². The first kappa shape index (κ1) is 19.9. The van der Waals surface area contributed by atoms with Crippen LogP contribution in [0.15, 0.2) is 63.4 Å². The number of rotatable bonds is 7. The first-order valence-corrected chi connectivity index (χ1v) is 10.9. The Morgan fingerprint density at radius 3 is 2.63 bits per heavy atom. The van der Waals surface area contributed by atoms with E-state index in [1.807, 2.05) is 68.4 Å². The average Bonchev–Trinajstić information content (AvgIpc) is 3.09. The van der Waals surface area contributed by atoms with Crippen LogP contribution in [0.3, 0.4) is 0 Å². The van der Waals surface area contributed by atoms with Crippen molar-refractivity contribution >= 4 is 55.8 Å². The van der Waals surface area contributed by atoms with Gasteiger partial charge in [-0.15, -0.1) is 10.2 Å². The lowest BCUT2D eigenvalue weighted by atomic mass is 10.1. The number of nitrogens with one attached hydrogen (secondary N) is 2. The van der Waals surface area contributed by atoms with Crippen LogP contribution in [0.1, 0.15) is 25.5 Å². The molecule has 8 heteroatoms. The minimum Gasteiger partial charge on any atom is -0.349 e. The highest BCUT2D eigenvalue weighted by Gasteiger charge is 2.19. The van der Waals surface area contributed by atoms with Gasteiger partial charge in [0.25, 0.3) is 0 Å². The molecule has 27 heavy (non-hydrogen) atoms. The fourth-order valence-electron chi connectivity index (χ4n) is 2.36. The second-order valence-electron chi connectivity index (χ2n) is 5.91. The molecule has 2 N–H and O–H groups in total. The van der Waals surface area contributed by atoms with E-state index in [-0.39, 0.29) is 17.2 Å². The third-order valence-electron chi connectivity index (χ3n) is 3.79. The highest BCUT2D eigenvalue weighted by Crippen LogP contribution is 2.31. The van der Waals surface area contributed by atoms with Gasteiger partial charge in [-0.3, -0.25) is 4.79 Å². The summed E-state index contributed by atoms with van der Waals surface area (Å²) >= 11 is 6.28. The maximum atomic E-state index is 12.5. The van der Waals surface area contributed by atoms with Gasteiger partial charge in [0.1, 0.15) is 0 Å². The lowest BCUT2D eigenvalue weighted by molar-refractivity contribution is -0.120. The number of anilines is 2. The van der Waals surface area contributed by atoms with Gasteiger partial charge in [0, 0.05) is 10.2 Å². The Morgan fingerprint density at radius 2 is 1.89 bits per heavy atom. The molecular formula is C19H19BrN4OS2. The van der Waals surface area contributed by atoms with Crippen molar-refractivity contribution in [2.24, 2.45) is 0 Å². The molecule has 0 fully saturated rings. The van der Waals surface area contributed by atoms with Gasteiger partial charge >= 0.3 is 0 Å². The van der Waals surface area contributed by atoms with E-state index < -0.39 is 0 Å². The Bertz CT molecular complexity index is 903. The van der Waals surface area contributed by atoms with E-state index in [1.165, 1.54) is 23.1 Å². The number of halogens is 1. The molecule has 3 aromatic rings. The summed E-state index contributed by atoms with van der Waals surface area (Å²) in [7, 11) is 0. The first-order valence-electron chi connectivity index (χ1n) is 8.39. The molecule has 0 bridgehead atoms. The quantitative estimate of drug-likeness (QED) is 0.459. The molecule has 0 aliphatic heterocycles. The molecule has 1 amide bonds. The predicted molar refractivity (Wildman–Crippen MR) is 116 cm³/mol. The molecule has 0 spiro atoms. The average molecular weight is 463 g/mol. The summed E-state index contributed by atoms with van der Waals surface area (Å²) in [4.78, 5) is 12.5. The van der Waals surface area contributed by atoms with Crippen LogP contribution in [-0.2, 0) is 4.79 Å². The molecule has 3 rings (SSSR count).